The Balaban J connectivity index is 1.79. The Bertz CT molecular complexity index is 853. The number of methoxy groups -OCH3 is 1. The highest BCUT2D eigenvalue weighted by molar-refractivity contribution is 6.10. The lowest BCUT2D eigenvalue weighted by atomic mass is 10.0. The van der Waals surface area contributed by atoms with Gasteiger partial charge in [-0.15, -0.1) is 0 Å². The summed E-state index contributed by atoms with van der Waals surface area (Å²) in [5.41, 5.74) is 2.74. The molecule has 0 aliphatic rings. The van der Waals surface area contributed by atoms with E-state index in [1.807, 2.05) is 62.4 Å². The van der Waals surface area contributed by atoms with E-state index in [2.05, 4.69) is 10.3 Å². The van der Waals surface area contributed by atoms with Crippen LogP contribution >= 0.6 is 0 Å². The highest BCUT2D eigenvalue weighted by Gasteiger charge is 2.21. The summed E-state index contributed by atoms with van der Waals surface area (Å²) in [5, 5.41) is 4.34. The number of carbonyl (C=O) groups is 1. The Morgan fingerprint density at radius 1 is 1.08 bits per heavy atom. The van der Waals surface area contributed by atoms with Gasteiger partial charge in [-0.25, -0.2) is 0 Å². The van der Waals surface area contributed by atoms with Gasteiger partial charge in [-0.2, -0.15) is 0 Å². The van der Waals surface area contributed by atoms with Gasteiger partial charge in [-0.05, 0) is 26.0 Å². The molecule has 0 spiro atoms. The molecule has 2 atom stereocenters. The minimum atomic E-state index is -0.302. The van der Waals surface area contributed by atoms with Gasteiger partial charge in [0.2, 0.25) is 0 Å². The van der Waals surface area contributed by atoms with E-state index < -0.39 is 0 Å². The smallest absolute Gasteiger partial charge is 0.181 e. The number of benzene rings is 2. The first-order chi connectivity index (χ1) is 11.6. The summed E-state index contributed by atoms with van der Waals surface area (Å²) in [6, 6.07) is 15.4. The number of Topliss-reactive ketones (excluding diaryl/α,β-unsaturated/α-hetero) is 1. The fraction of sp³-hybridized carbons (Fsp3) is 0.250. The highest BCUT2D eigenvalue weighted by Crippen LogP contribution is 2.25. The van der Waals surface area contributed by atoms with Crippen molar-refractivity contribution in [3.8, 4) is 5.75 Å². The minimum absolute atomic E-state index is 0.00491. The zero-order valence-electron chi connectivity index (χ0n) is 14.2. The van der Waals surface area contributed by atoms with Crippen LogP contribution in [0.25, 0.3) is 10.9 Å². The average Bonchev–Trinajstić information content (AvgIpc) is 3.04. The molecule has 0 saturated carbocycles. The number of nitrogens with one attached hydrogen (secondary N) is 2. The molecular weight excluding hydrogens is 300 g/mol. The Morgan fingerprint density at radius 2 is 1.79 bits per heavy atom. The molecule has 1 heterocycles. The molecule has 0 radical (unpaired) electrons. The highest BCUT2D eigenvalue weighted by atomic mass is 16.5. The predicted molar refractivity (Wildman–Crippen MR) is 96.6 cm³/mol. The van der Waals surface area contributed by atoms with Crippen LogP contribution in [0.4, 0.5) is 0 Å². The zero-order valence-corrected chi connectivity index (χ0v) is 14.2. The maximum Gasteiger partial charge on any atom is 0.181 e. The minimum Gasteiger partial charge on any atom is -0.496 e. The van der Waals surface area contributed by atoms with E-state index in [1.165, 1.54) is 0 Å². The molecule has 0 bridgehead atoms. The van der Waals surface area contributed by atoms with Gasteiger partial charge in [-0.1, -0.05) is 36.4 Å². The third kappa shape index (κ3) is 3.05. The first kappa shape index (κ1) is 16.3. The molecule has 3 aromatic rings. The molecule has 0 amide bonds. The van der Waals surface area contributed by atoms with Crippen molar-refractivity contribution in [2.75, 3.05) is 7.11 Å². The fourth-order valence-electron chi connectivity index (χ4n) is 3.07. The summed E-state index contributed by atoms with van der Waals surface area (Å²) in [6.07, 6.45) is 1.79. The van der Waals surface area contributed by atoms with Crippen molar-refractivity contribution in [2.45, 2.75) is 25.9 Å². The summed E-state index contributed by atoms with van der Waals surface area (Å²) < 4.78 is 5.41. The van der Waals surface area contributed by atoms with Crippen LogP contribution in [0.1, 0.15) is 35.8 Å². The van der Waals surface area contributed by atoms with Crippen LogP contribution in [-0.4, -0.2) is 23.9 Å². The van der Waals surface area contributed by atoms with Gasteiger partial charge < -0.3 is 15.0 Å². The number of aromatic nitrogens is 1. The summed E-state index contributed by atoms with van der Waals surface area (Å²) in [7, 11) is 1.66. The summed E-state index contributed by atoms with van der Waals surface area (Å²) in [4.78, 5) is 16.0. The number of rotatable bonds is 6. The maximum absolute atomic E-state index is 12.8. The van der Waals surface area contributed by atoms with Gasteiger partial charge in [0, 0.05) is 34.3 Å². The number of H-pyrrole nitrogens is 1. The van der Waals surface area contributed by atoms with E-state index in [0.29, 0.717) is 0 Å². The molecule has 1 aromatic heterocycles. The van der Waals surface area contributed by atoms with Crippen molar-refractivity contribution in [1.29, 1.82) is 0 Å². The molecule has 0 fully saturated rings. The Kier molecular flexibility index (Phi) is 4.67. The molecule has 0 aliphatic heterocycles. The second-order valence-electron chi connectivity index (χ2n) is 5.96. The summed E-state index contributed by atoms with van der Waals surface area (Å²) >= 11 is 0. The lowest BCUT2D eigenvalue weighted by molar-refractivity contribution is 0.0947. The van der Waals surface area contributed by atoms with Gasteiger partial charge in [0.05, 0.1) is 13.2 Å². The fourth-order valence-corrected chi connectivity index (χ4v) is 3.07. The van der Waals surface area contributed by atoms with Crippen LogP contribution in [0, 0.1) is 0 Å². The van der Waals surface area contributed by atoms with E-state index in [-0.39, 0.29) is 17.9 Å². The monoisotopic (exact) mass is 322 g/mol. The summed E-state index contributed by atoms with van der Waals surface area (Å²) in [6.45, 7) is 3.94. The topological polar surface area (TPSA) is 54.1 Å². The second-order valence-corrected chi connectivity index (χ2v) is 5.96. The summed E-state index contributed by atoms with van der Waals surface area (Å²) in [5.74, 6) is 0.901. The lowest BCUT2D eigenvalue weighted by Crippen LogP contribution is -2.35. The molecule has 124 valence electrons. The van der Waals surface area contributed by atoms with Crippen molar-refractivity contribution >= 4 is 16.7 Å². The molecule has 4 nitrogen and oxygen atoms in total. The normalized spacial score (nSPS) is 13.6. The van der Waals surface area contributed by atoms with E-state index >= 15 is 0 Å². The number of hydrogen-bond acceptors (Lipinski definition) is 3. The van der Waals surface area contributed by atoms with Gasteiger partial charge in [-0.3, -0.25) is 4.79 Å². The van der Waals surface area contributed by atoms with Crippen molar-refractivity contribution in [3.63, 3.8) is 0 Å². The Labute approximate surface area is 141 Å². The predicted octanol–water partition coefficient (Wildman–Crippen LogP) is 4.10. The molecule has 0 saturated heterocycles. The number of hydrogen-bond donors (Lipinski definition) is 2. The third-order valence-electron chi connectivity index (χ3n) is 4.35. The number of para-hydroxylation sites is 2. The Hall–Kier alpha value is -2.59. The van der Waals surface area contributed by atoms with Gasteiger partial charge >= 0.3 is 0 Å². The first-order valence-electron chi connectivity index (χ1n) is 8.11. The van der Waals surface area contributed by atoms with E-state index in [4.69, 9.17) is 4.74 Å². The molecule has 2 N–H and O–H groups in total. The van der Waals surface area contributed by atoms with Crippen molar-refractivity contribution < 1.29 is 9.53 Å². The van der Waals surface area contributed by atoms with Crippen LogP contribution in [0.5, 0.6) is 5.75 Å². The maximum atomic E-state index is 12.8. The van der Waals surface area contributed by atoms with Crippen LogP contribution in [0.15, 0.2) is 54.7 Å². The van der Waals surface area contributed by atoms with Crippen molar-refractivity contribution in [1.82, 2.24) is 10.3 Å². The largest absolute Gasteiger partial charge is 0.496 e. The molecule has 2 aromatic carbocycles. The SMILES string of the molecule is COc1ccccc1[C@H](C)N[C@@H](C)C(=O)c1c[nH]c2ccccc12. The van der Waals surface area contributed by atoms with Crippen LogP contribution in [-0.2, 0) is 0 Å². The molecule has 3 rings (SSSR count). The van der Waals surface area contributed by atoms with Gasteiger partial charge in [0.25, 0.3) is 0 Å². The van der Waals surface area contributed by atoms with E-state index in [9.17, 15) is 4.79 Å². The molecule has 4 heteroatoms. The first-order valence-corrected chi connectivity index (χ1v) is 8.11. The molecule has 0 unspecified atom stereocenters. The quantitative estimate of drug-likeness (QED) is 0.672. The van der Waals surface area contributed by atoms with Gasteiger partial charge in [0.15, 0.2) is 5.78 Å². The number of fused-ring (bicyclic) bond motifs is 1. The van der Waals surface area contributed by atoms with Gasteiger partial charge in [0.1, 0.15) is 5.75 Å². The Morgan fingerprint density at radius 3 is 2.58 bits per heavy atom. The van der Waals surface area contributed by atoms with E-state index in [1.54, 1.807) is 13.3 Å². The van der Waals surface area contributed by atoms with Crippen molar-refractivity contribution in [3.05, 3.63) is 65.9 Å². The molecule has 0 aliphatic carbocycles. The number of ether oxygens (including phenoxy) is 1. The second kappa shape index (κ2) is 6.89. The average molecular weight is 322 g/mol. The van der Waals surface area contributed by atoms with Crippen LogP contribution in [0.3, 0.4) is 0 Å². The standard InChI is InChI=1S/C20H22N2O2/c1-13(15-8-5-7-11-19(15)24-3)22-14(2)20(23)17-12-21-18-10-6-4-9-16(17)18/h4-14,21-22H,1-3H3/t13-,14-/m0/s1. The lowest BCUT2D eigenvalue weighted by Gasteiger charge is -2.21. The van der Waals surface area contributed by atoms with E-state index in [0.717, 1.165) is 27.8 Å². The van der Waals surface area contributed by atoms with Crippen LogP contribution in [0.2, 0.25) is 0 Å². The third-order valence-corrected chi connectivity index (χ3v) is 4.35. The van der Waals surface area contributed by atoms with Crippen LogP contribution < -0.4 is 10.1 Å². The van der Waals surface area contributed by atoms with Crippen molar-refractivity contribution in [2.24, 2.45) is 0 Å². The molecular formula is C20H22N2O2. The zero-order chi connectivity index (χ0) is 17.1. The number of ketones is 1. The number of aromatic amines is 1. The molecule has 24 heavy (non-hydrogen) atoms. The number of carbonyl (C=O) groups excluding carboxylic acids is 1.